The van der Waals surface area contributed by atoms with Crippen molar-refractivity contribution in [1.29, 1.82) is 0 Å². The first-order valence-corrected chi connectivity index (χ1v) is 7.96. The molecule has 1 aliphatic carbocycles. The highest BCUT2D eigenvalue weighted by molar-refractivity contribution is 5.25. The lowest BCUT2D eigenvalue weighted by Gasteiger charge is -2.27. The van der Waals surface area contributed by atoms with Gasteiger partial charge in [0.1, 0.15) is 5.69 Å². The highest BCUT2D eigenvalue weighted by atomic mass is 16.5. The van der Waals surface area contributed by atoms with Crippen LogP contribution in [0.25, 0.3) is 0 Å². The van der Waals surface area contributed by atoms with Gasteiger partial charge in [-0.05, 0) is 18.9 Å². The topological polar surface area (TPSA) is 56.3 Å². The summed E-state index contributed by atoms with van der Waals surface area (Å²) in [6.07, 6.45) is 9.52. The van der Waals surface area contributed by atoms with Crippen molar-refractivity contribution in [3.05, 3.63) is 11.9 Å². The van der Waals surface area contributed by atoms with Gasteiger partial charge in [-0.1, -0.05) is 39.0 Å². The third kappa shape index (κ3) is 4.30. The Bertz CT molecular complexity index is 434. The van der Waals surface area contributed by atoms with E-state index in [1.165, 1.54) is 32.1 Å². The number of rotatable bonds is 7. The molecule has 0 saturated heterocycles. The molecule has 0 aliphatic heterocycles. The average Bonchev–Trinajstić information content (AvgIpc) is 2.55. The summed E-state index contributed by atoms with van der Waals surface area (Å²) in [4.78, 5) is 8.89. The van der Waals surface area contributed by atoms with Gasteiger partial charge in [0.25, 0.3) is 0 Å². The second kappa shape index (κ2) is 8.17. The fraction of sp³-hybridized carbons (Fsp3) is 0.750. The molecule has 0 radical (unpaired) electrons. The zero-order valence-electron chi connectivity index (χ0n) is 13.4. The van der Waals surface area contributed by atoms with E-state index in [0.29, 0.717) is 11.8 Å². The van der Waals surface area contributed by atoms with Crippen molar-refractivity contribution in [2.45, 2.75) is 51.5 Å². The van der Waals surface area contributed by atoms with Gasteiger partial charge in [-0.3, -0.25) is 0 Å². The predicted octanol–water partition coefficient (Wildman–Crippen LogP) is 3.11. The van der Waals surface area contributed by atoms with E-state index in [4.69, 9.17) is 9.47 Å². The molecule has 118 valence electrons. The average molecular weight is 293 g/mol. The summed E-state index contributed by atoms with van der Waals surface area (Å²) in [5.41, 5.74) is 0.894. The van der Waals surface area contributed by atoms with Crippen LogP contribution in [0.4, 0.5) is 0 Å². The second-order valence-electron chi connectivity index (χ2n) is 5.66. The van der Waals surface area contributed by atoms with E-state index in [1.807, 2.05) is 0 Å². The molecule has 5 heteroatoms. The van der Waals surface area contributed by atoms with Gasteiger partial charge < -0.3 is 14.8 Å². The third-order valence-corrected chi connectivity index (χ3v) is 4.22. The molecule has 2 rings (SSSR count). The van der Waals surface area contributed by atoms with Crippen LogP contribution in [0.15, 0.2) is 6.20 Å². The van der Waals surface area contributed by atoms with Crippen molar-refractivity contribution >= 4 is 0 Å². The van der Waals surface area contributed by atoms with Crippen molar-refractivity contribution in [1.82, 2.24) is 15.3 Å². The Morgan fingerprint density at radius 2 is 2.00 bits per heavy atom. The Kier molecular flexibility index (Phi) is 6.23. The highest BCUT2D eigenvalue weighted by Gasteiger charge is 2.24. The van der Waals surface area contributed by atoms with E-state index in [9.17, 15) is 0 Å². The molecule has 1 heterocycles. The zero-order valence-corrected chi connectivity index (χ0v) is 13.4. The van der Waals surface area contributed by atoms with Crippen LogP contribution in [-0.2, 0) is 0 Å². The van der Waals surface area contributed by atoms with Crippen LogP contribution in [0.3, 0.4) is 0 Å². The molecule has 1 unspecified atom stereocenters. The van der Waals surface area contributed by atoms with E-state index < -0.39 is 0 Å². The van der Waals surface area contributed by atoms with Gasteiger partial charge in [0.15, 0.2) is 0 Å². The summed E-state index contributed by atoms with van der Waals surface area (Å²) < 4.78 is 10.5. The van der Waals surface area contributed by atoms with E-state index in [2.05, 4.69) is 22.2 Å². The summed E-state index contributed by atoms with van der Waals surface area (Å²) in [7, 11) is 3.23. The molecule has 5 nitrogen and oxygen atoms in total. The fourth-order valence-electron chi connectivity index (χ4n) is 3.15. The number of aromatic nitrogens is 2. The number of hydrogen-bond donors (Lipinski definition) is 1. The van der Waals surface area contributed by atoms with Gasteiger partial charge in [0.2, 0.25) is 11.8 Å². The van der Waals surface area contributed by atoms with Crippen LogP contribution in [0.1, 0.15) is 57.2 Å². The Morgan fingerprint density at radius 3 is 2.62 bits per heavy atom. The van der Waals surface area contributed by atoms with Crippen molar-refractivity contribution in [2.75, 3.05) is 20.8 Å². The van der Waals surface area contributed by atoms with Gasteiger partial charge in [-0.2, -0.15) is 4.98 Å². The number of hydrogen-bond acceptors (Lipinski definition) is 5. The van der Waals surface area contributed by atoms with Crippen LogP contribution in [0, 0.1) is 5.92 Å². The molecule has 1 aromatic heterocycles. The molecule has 1 aliphatic rings. The summed E-state index contributed by atoms with van der Waals surface area (Å²) in [5, 5.41) is 3.54. The Hall–Kier alpha value is -1.36. The lowest BCUT2D eigenvalue weighted by atomic mass is 9.84. The molecule has 0 aromatic carbocycles. The molecule has 0 amide bonds. The van der Waals surface area contributed by atoms with Crippen molar-refractivity contribution in [3.63, 3.8) is 0 Å². The van der Waals surface area contributed by atoms with Crippen LogP contribution >= 0.6 is 0 Å². The summed E-state index contributed by atoms with van der Waals surface area (Å²) in [5.74, 6) is 1.83. The predicted molar refractivity (Wildman–Crippen MR) is 82.7 cm³/mol. The molecule has 0 spiro atoms. The van der Waals surface area contributed by atoms with Crippen LogP contribution in [0.5, 0.6) is 11.8 Å². The van der Waals surface area contributed by atoms with Crippen LogP contribution in [0.2, 0.25) is 0 Å². The molecule has 1 N–H and O–H groups in total. The van der Waals surface area contributed by atoms with Gasteiger partial charge in [0, 0.05) is 0 Å². The first kappa shape index (κ1) is 16.0. The minimum Gasteiger partial charge on any atom is -0.480 e. The summed E-state index contributed by atoms with van der Waals surface area (Å²) >= 11 is 0. The highest BCUT2D eigenvalue weighted by Crippen LogP contribution is 2.34. The second-order valence-corrected chi connectivity index (χ2v) is 5.66. The number of nitrogens with one attached hydrogen (secondary N) is 1. The standard InChI is InChI=1S/C16H27N3O2/c1-4-17-13(10-12-8-6-5-7-9-12)15-16(21-3)19-14(20-2)11-18-15/h11-13,17H,4-10H2,1-3H3. The molecule has 1 fully saturated rings. The molecular weight excluding hydrogens is 266 g/mol. The lowest BCUT2D eigenvalue weighted by molar-refractivity contribution is 0.290. The molecule has 1 atom stereocenters. The number of nitrogens with zero attached hydrogens (tertiary/aromatic N) is 2. The molecule has 1 aromatic rings. The third-order valence-electron chi connectivity index (χ3n) is 4.22. The Labute approximate surface area is 127 Å². The SMILES string of the molecule is CCNC(CC1CCCCC1)c1ncc(OC)nc1OC. The Balaban J connectivity index is 2.15. The molecular formula is C16H27N3O2. The van der Waals surface area contributed by atoms with Crippen LogP contribution < -0.4 is 14.8 Å². The maximum atomic E-state index is 5.41. The van der Waals surface area contributed by atoms with E-state index in [0.717, 1.165) is 24.6 Å². The molecule has 1 saturated carbocycles. The first-order chi connectivity index (χ1) is 10.3. The lowest BCUT2D eigenvalue weighted by Crippen LogP contribution is -2.26. The minimum absolute atomic E-state index is 0.200. The van der Waals surface area contributed by atoms with Crippen molar-refractivity contribution in [2.24, 2.45) is 5.92 Å². The van der Waals surface area contributed by atoms with E-state index in [-0.39, 0.29) is 6.04 Å². The zero-order chi connectivity index (χ0) is 15.1. The summed E-state index contributed by atoms with van der Waals surface area (Å²) in [6, 6.07) is 0.200. The minimum atomic E-state index is 0.200. The monoisotopic (exact) mass is 293 g/mol. The van der Waals surface area contributed by atoms with Gasteiger partial charge >= 0.3 is 0 Å². The fourth-order valence-corrected chi connectivity index (χ4v) is 3.15. The number of methoxy groups -OCH3 is 2. The number of ether oxygens (including phenoxy) is 2. The summed E-state index contributed by atoms with van der Waals surface area (Å²) in [6.45, 7) is 3.03. The van der Waals surface area contributed by atoms with Gasteiger partial charge in [-0.25, -0.2) is 4.98 Å². The smallest absolute Gasteiger partial charge is 0.240 e. The van der Waals surface area contributed by atoms with E-state index >= 15 is 0 Å². The van der Waals surface area contributed by atoms with Crippen LogP contribution in [-0.4, -0.2) is 30.7 Å². The van der Waals surface area contributed by atoms with Crippen molar-refractivity contribution < 1.29 is 9.47 Å². The van der Waals surface area contributed by atoms with Gasteiger partial charge in [0.05, 0.1) is 26.5 Å². The Morgan fingerprint density at radius 1 is 1.24 bits per heavy atom. The van der Waals surface area contributed by atoms with E-state index in [1.54, 1.807) is 20.4 Å². The largest absolute Gasteiger partial charge is 0.480 e. The molecule has 0 bridgehead atoms. The van der Waals surface area contributed by atoms with Crippen molar-refractivity contribution in [3.8, 4) is 11.8 Å². The molecule has 21 heavy (non-hydrogen) atoms. The maximum Gasteiger partial charge on any atom is 0.240 e. The maximum absolute atomic E-state index is 5.41. The first-order valence-electron chi connectivity index (χ1n) is 7.96. The normalized spacial score (nSPS) is 17.5. The quantitative estimate of drug-likeness (QED) is 0.837. The van der Waals surface area contributed by atoms with Gasteiger partial charge in [-0.15, -0.1) is 0 Å².